The van der Waals surface area contributed by atoms with Gasteiger partial charge in [-0.3, -0.25) is 0 Å². The number of hydrogen-bond acceptors (Lipinski definition) is 4. The molecule has 2 saturated heterocycles. The topological polar surface area (TPSA) is 79.8 Å². The van der Waals surface area contributed by atoms with Crippen LogP contribution in [-0.4, -0.2) is 67.4 Å². The van der Waals surface area contributed by atoms with Crippen LogP contribution in [-0.2, 0) is 4.79 Å². The summed E-state index contributed by atoms with van der Waals surface area (Å²) in [7, 11) is 0. The largest absolute Gasteiger partial charge is 1.00 e. The number of nitrogens with zero attached hydrogens (tertiary/aromatic N) is 2. The number of carbonyl (C=O) groups is 1. The van der Waals surface area contributed by atoms with Gasteiger partial charge in [0, 0.05) is 31.9 Å². The average Bonchev–Trinajstić information content (AvgIpc) is 4.02. The Labute approximate surface area is 445 Å². The molecule has 2 atom stereocenters. The lowest BCUT2D eigenvalue weighted by atomic mass is 10.0. The second-order valence-corrected chi connectivity index (χ2v) is 22.0. The average molecular weight is 1040 g/mol. The predicted molar refractivity (Wildman–Crippen MR) is 299 cm³/mol. The van der Waals surface area contributed by atoms with Crippen molar-refractivity contribution in [1.29, 1.82) is 0 Å². The van der Waals surface area contributed by atoms with Crippen LogP contribution in [0.2, 0.25) is 0 Å². The van der Waals surface area contributed by atoms with Crippen molar-refractivity contribution in [2.24, 2.45) is 0 Å². The number of carbonyl (C=O) groups excluding carboxylic acids is 1. The highest BCUT2D eigenvalue weighted by atomic mass is 79.9. The maximum Gasteiger partial charge on any atom is 0.142 e. The first kappa shape index (κ1) is 70.9. The number of nitrogens with two attached hydrogens (primary N) is 2. The zero-order valence-corrected chi connectivity index (χ0v) is 49.7. The molecule has 2 rings (SSSR count). The van der Waals surface area contributed by atoms with E-state index in [0.29, 0.717) is 0 Å². The van der Waals surface area contributed by atoms with Gasteiger partial charge in [-0.2, -0.15) is 0 Å². The number of carboxylic acid groups (broad SMARTS) is 1. The third kappa shape index (κ3) is 52.5. The van der Waals surface area contributed by atoms with Gasteiger partial charge in [0.05, 0.1) is 26.2 Å². The van der Waals surface area contributed by atoms with Crippen molar-refractivity contribution in [3.8, 4) is 0 Å². The fourth-order valence-electron chi connectivity index (χ4n) is 11.0. The Morgan fingerprint density at radius 1 is 0.348 bits per heavy atom. The zero-order valence-electron chi connectivity index (χ0n) is 48.1. The fraction of sp³-hybridized carbons (Fsp3) is 0.984. The number of likely N-dealkylation sites (N-methyl/N-ethyl adjacent to an activating group) is 2. The smallest absolute Gasteiger partial charge is 0.142 e. The SMILES string of the molecule is CCCCCCCCCCCCCCCCCC(=O)[O-].CCCCCCCCCCCCCCCCCC1[NH2+]CCN1CC.CCCCCCCCCCCCCCCCCC1[NH2+]CCN1CC.[Br-]. The van der Waals surface area contributed by atoms with E-state index in [1.165, 1.54) is 328 Å². The number of carboxylic acids is 1. The molecule has 6 nitrogen and oxygen atoms in total. The lowest BCUT2D eigenvalue weighted by Gasteiger charge is -2.18. The van der Waals surface area contributed by atoms with E-state index in [2.05, 4.69) is 55.1 Å². The molecule has 4 N–H and O–H groups in total. The van der Waals surface area contributed by atoms with Gasteiger partial charge in [-0.05, 0) is 25.7 Å². The van der Waals surface area contributed by atoms with Crippen molar-refractivity contribution in [1.82, 2.24) is 9.80 Å². The first-order chi connectivity index (χ1) is 33.5. The summed E-state index contributed by atoms with van der Waals surface area (Å²) >= 11 is 0. The van der Waals surface area contributed by atoms with Gasteiger partial charge in [-0.25, -0.2) is 9.80 Å². The van der Waals surface area contributed by atoms with Crippen molar-refractivity contribution in [3.63, 3.8) is 0 Å². The van der Waals surface area contributed by atoms with Gasteiger partial charge in [0.1, 0.15) is 12.3 Å². The van der Waals surface area contributed by atoms with Gasteiger partial charge in [-0.15, -0.1) is 0 Å². The molecule has 416 valence electrons. The van der Waals surface area contributed by atoms with Crippen LogP contribution in [0.5, 0.6) is 0 Å². The summed E-state index contributed by atoms with van der Waals surface area (Å²) in [4.78, 5) is 15.5. The molecule has 0 aromatic rings. The van der Waals surface area contributed by atoms with Gasteiger partial charge < -0.3 is 37.5 Å². The quantitative estimate of drug-likeness (QED) is 0.0595. The Hall–Kier alpha value is -0.210. The molecule has 7 heteroatoms. The van der Waals surface area contributed by atoms with Gasteiger partial charge in [0.25, 0.3) is 0 Å². The van der Waals surface area contributed by atoms with Gasteiger partial charge in [0.15, 0.2) is 0 Å². The van der Waals surface area contributed by atoms with E-state index >= 15 is 0 Å². The minimum absolute atomic E-state index is 0. The maximum atomic E-state index is 10.2. The van der Waals surface area contributed by atoms with Gasteiger partial charge in [-0.1, -0.05) is 304 Å². The number of unbranched alkanes of at least 4 members (excludes halogenated alkanes) is 42. The normalized spacial score (nSPS) is 16.0. The number of hydrogen-bond donors (Lipinski definition) is 2. The number of quaternary nitrogens is 2. The molecule has 2 heterocycles. The van der Waals surface area contributed by atoms with E-state index in [9.17, 15) is 9.90 Å². The molecule has 0 aromatic heterocycles. The highest BCUT2D eigenvalue weighted by Crippen LogP contribution is 2.18. The molecule has 0 radical (unpaired) electrons. The van der Waals surface area contributed by atoms with Gasteiger partial charge in [0.2, 0.25) is 0 Å². The minimum atomic E-state index is -0.903. The van der Waals surface area contributed by atoms with E-state index in [4.69, 9.17) is 0 Å². The molecule has 0 amide bonds. The van der Waals surface area contributed by atoms with E-state index in [1.54, 1.807) is 0 Å². The van der Waals surface area contributed by atoms with Crippen LogP contribution < -0.4 is 32.7 Å². The molecule has 2 aliphatic rings. The molecule has 0 aromatic carbocycles. The second kappa shape index (κ2) is 60.3. The molecule has 0 spiro atoms. The Kier molecular flexibility index (Phi) is 62.0. The molecule has 2 fully saturated rings. The predicted octanol–water partition coefficient (Wildman–Crippen LogP) is 12.9. The summed E-state index contributed by atoms with van der Waals surface area (Å²) in [6, 6.07) is 0. The maximum absolute atomic E-state index is 10.2. The van der Waals surface area contributed by atoms with Crippen molar-refractivity contribution in [2.45, 2.75) is 355 Å². The van der Waals surface area contributed by atoms with Crippen LogP contribution in [0.3, 0.4) is 0 Å². The molecule has 0 aliphatic carbocycles. The number of aliphatic carboxylic acids is 1. The number of rotatable bonds is 50. The molecular weight excluding hydrogens is 913 g/mol. The molecule has 2 aliphatic heterocycles. The van der Waals surface area contributed by atoms with Crippen LogP contribution in [0.1, 0.15) is 343 Å². The third-order valence-corrected chi connectivity index (χ3v) is 15.7. The monoisotopic (exact) mass is 1040 g/mol. The first-order valence-corrected chi connectivity index (χ1v) is 31.9. The van der Waals surface area contributed by atoms with Crippen LogP contribution in [0.15, 0.2) is 0 Å². The summed E-state index contributed by atoms with van der Waals surface area (Å²) in [6.07, 6.45) is 68.2. The van der Waals surface area contributed by atoms with Crippen LogP contribution in [0.4, 0.5) is 0 Å². The van der Waals surface area contributed by atoms with Crippen LogP contribution >= 0.6 is 0 Å². The Balaban J connectivity index is 0. The first-order valence-electron chi connectivity index (χ1n) is 31.9. The Bertz CT molecular complexity index is 905. The summed E-state index contributed by atoms with van der Waals surface area (Å²) < 4.78 is 0. The van der Waals surface area contributed by atoms with E-state index in [1.807, 2.05) is 0 Å². The summed E-state index contributed by atoms with van der Waals surface area (Å²) in [6.45, 7) is 19.2. The van der Waals surface area contributed by atoms with Crippen LogP contribution in [0, 0.1) is 0 Å². The molecular formula is C62H129BrN4O2. The minimum Gasteiger partial charge on any atom is -1.00 e. The fourth-order valence-corrected chi connectivity index (χ4v) is 11.0. The van der Waals surface area contributed by atoms with Crippen molar-refractivity contribution in [2.75, 3.05) is 39.3 Å². The van der Waals surface area contributed by atoms with Crippen molar-refractivity contribution in [3.05, 3.63) is 0 Å². The lowest BCUT2D eigenvalue weighted by Crippen LogP contribution is -3.00. The highest BCUT2D eigenvalue weighted by Gasteiger charge is 2.26. The lowest BCUT2D eigenvalue weighted by molar-refractivity contribution is -0.680. The molecule has 69 heavy (non-hydrogen) atoms. The third-order valence-electron chi connectivity index (χ3n) is 15.7. The Morgan fingerprint density at radius 3 is 0.754 bits per heavy atom. The van der Waals surface area contributed by atoms with E-state index in [0.717, 1.165) is 25.2 Å². The van der Waals surface area contributed by atoms with Crippen molar-refractivity contribution < 1.29 is 37.5 Å². The molecule has 0 bridgehead atoms. The summed E-state index contributed by atoms with van der Waals surface area (Å²) in [5, 5.41) is 15.3. The molecule has 2 unspecified atom stereocenters. The summed E-state index contributed by atoms with van der Waals surface area (Å²) in [5.41, 5.74) is 0. The van der Waals surface area contributed by atoms with Gasteiger partial charge >= 0.3 is 0 Å². The molecule has 0 saturated carbocycles. The van der Waals surface area contributed by atoms with Crippen molar-refractivity contribution >= 4 is 5.97 Å². The number of halogens is 1. The second-order valence-electron chi connectivity index (χ2n) is 22.0. The zero-order chi connectivity index (χ0) is 49.5. The van der Waals surface area contributed by atoms with E-state index < -0.39 is 5.97 Å². The highest BCUT2D eigenvalue weighted by molar-refractivity contribution is 5.64. The summed E-state index contributed by atoms with van der Waals surface area (Å²) in [5.74, 6) is -0.903. The van der Waals surface area contributed by atoms with E-state index in [-0.39, 0.29) is 23.4 Å². The van der Waals surface area contributed by atoms with Crippen LogP contribution in [0.25, 0.3) is 0 Å². The Morgan fingerprint density at radius 2 is 0.551 bits per heavy atom. The standard InChI is InChI=1S/2C22H46N2.C18H36O2.BrH/c2*1-3-5-6-7-8-9-10-11-12-13-14-15-16-17-18-19-22-23-20-21-24(22)4-2;1-2-3-4-5-6-7-8-9-10-11-12-13-14-15-16-17-18(19)20;/h2*22-23H,3-21H2,1-2H3;2-17H2,1H3,(H,19,20);1H.